The van der Waals surface area contributed by atoms with Crippen LogP contribution in [-0.2, 0) is 9.47 Å². The van der Waals surface area contributed by atoms with Crippen LogP contribution in [0.15, 0.2) is 17.3 Å². The van der Waals surface area contributed by atoms with Crippen LogP contribution in [0.25, 0.3) is 0 Å². The summed E-state index contributed by atoms with van der Waals surface area (Å²) in [6, 6.07) is 0. The summed E-state index contributed by atoms with van der Waals surface area (Å²) in [6.07, 6.45) is 2.79. The number of ether oxygens (including phenoxy) is 2. The lowest BCUT2D eigenvalue weighted by molar-refractivity contribution is 0.126. The third-order valence-electron chi connectivity index (χ3n) is 0.988. The Balaban J connectivity index is 3.89. The molecule has 0 aliphatic carbocycles. The summed E-state index contributed by atoms with van der Waals surface area (Å²) in [5.74, 6) is 0. The van der Waals surface area contributed by atoms with Crippen molar-refractivity contribution in [1.82, 2.24) is 0 Å². The van der Waals surface area contributed by atoms with E-state index in [9.17, 15) is 0 Å². The lowest BCUT2D eigenvalue weighted by Gasteiger charge is -2.01. The zero-order valence-corrected chi connectivity index (χ0v) is 7.63. The first-order valence-electron chi connectivity index (χ1n) is 3.16. The second-order valence-corrected chi connectivity index (χ2v) is 2.21. The molecule has 0 amide bonds. The SMILES string of the molecule is CO/C=C/C(Cl)=N\C(C)OC. The molecule has 1 atom stereocenters. The Morgan fingerprint density at radius 3 is 2.64 bits per heavy atom. The molecule has 0 aromatic carbocycles. The topological polar surface area (TPSA) is 30.8 Å². The van der Waals surface area contributed by atoms with Crippen molar-refractivity contribution in [2.24, 2.45) is 4.99 Å². The van der Waals surface area contributed by atoms with E-state index in [1.807, 2.05) is 0 Å². The van der Waals surface area contributed by atoms with Gasteiger partial charge in [0.15, 0.2) is 0 Å². The third kappa shape index (κ3) is 5.88. The van der Waals surface area contributed by atoms with Crippen molar-refractivity contribution in [2.75, 3.05) is 14.2 Å². The van der Waals surface area contributed by atoms with E-state index in [1.54, 1.807) is 27.2 Å². The number of allylic oxidation sites excluding steroid dienone is 1. The van der Waals surface area contributed by atoms with Crippen LogP contribution >= 0.6 is 11.6 Å². The van der Waals surface area contributed by atoms with Crippen LogP contribution in [0.3, 0.4) is 0 Å². The zero-order chi connectivity index (χ0) is 8.69. The molecule has 0 aliphatic rings. The van der Waals surface area contributed by atoms with Gasteiger partial charge in [-0.2, -0.15) is 0 Å². The molecule has 0 rings (SSSR count). The number of rotatable bonds is 4. The predicted octanol–water partition coefficient (Wildman–Crippen LogP) is 1.78. The fourth-order valence-electron chi connectivity index (χ4n) is 0.394. The van der Waals surface area contributed by atoms with Gasteiger partial charge < -0.3 is 9.47 Å². The summed E-state index contributed by atoms with van der Waals surface area (Å²) < 4.78 is 9.50. The van der Waals surface area contributed by atoms with E-state index in [0.717, 1.165) is 0 Å². The third-order valence-corrected chi connectivity index (χ3v) is 1.21. The van der Waals surface area contributed by atoms with Gasteiger partial charge in [0, 0.05) is 13.2 Å². The standard InChI is InChI=1S/C7H12ClNO2/c1-6(11-3)9-7(8)4-5-10-2/h4-6H,1-3H3/b5-4+,9-7+. The Bertz CT molecular complexity index is 157. The molecule has 0 heterocycles. The van der Waals surface area contributed by atoms with Gasteiger partial charge in [-0.05, 0) is 6.92 Å². The highest BCUT2D eigenvalue weighted by atomic mass is 35.5. The largest absolute Gasteiger partial charge is 0.504 e. The maximum Gasteiger partial charge on any atom is 0.146 e. The lowest BCUT2D eigenvalue weighted by Crippen LogP contribution is -2.01. The molecule has 0 aromatic rings. The summed E-state index contributed by atoms with van der Waals surface area (Å²) in [4.78, 5) is 3.93. The van der Waals surface area contributed by atoms with Gasteiger partial charge in [-0.1, -0.05) is 11.6 Å². The molecule has 0 aromatic heterocycles. The van der Waals surface area contributed by atoms with Crippen molar-refractivity contribution in [3.8, 4) is 0 Å². The first-order chi connectivity index (χ1) is 5.20. The number of halogens is 1. The predicted molar refractivity (Wildman–Crippen MR) is 45.9 cm³/mol. The molecule has 11 heavy (non-hydrogen) atoms. The van der Waals surface area contributed by atoms with Gasteiger partial charge >= 0.3 is 0 Å². The van der Waals surface area contributed by atoms with Crippen molar-refractivity contribution in [2.45, 2.75) is 13.2 Å². The second-order valence-electron chi connectivity index (χ2n) is 1.83. The highest BCUT2D eigenvalue weighted by Crippen LogP contribution is 1.95. The van der Waals surface area contributed by atoms with Gasteiger partial charge in [-0.15, -0.1) is 0 Å². The van der Waals surface area contributed by atoms with Crippen LogP contribution in [0.2, 0.25) is 0 Å². The van der Waals surface area contributed by atoms with Crippen LogP contribution in [-0.4, -0.2) is 25.6 Å². The summed E-state index contributed by atoms with van der Waals surface area (Å²) in [6.45, 7) is 1.79. The summed E-state index contributed by atoms with van der Waals surface area (Å²) in [5.41, 5.74) is 0. The maximum absolute atomic E-state index is 5.64. The number of aliphatic imine (C=N–C) groups is 1. The second kappa shape index (κ2) is 6.19. The Labute approximate surface area is 71.7 Å². The van der Waals surface area contributed by atoms with E-state index in [0.29, 0.717) is 5.17 Å². The van der Waals surface area contributed by atoms with Crippen molar-refractivity contribution in [1.29, 1.82) is 0 Å². The van der Waals surface area contributed by atoms with Gasteiger partial charge in [0.2, 0.25) is 0 Å². The van der Waals surface area contributed by atoms with Crippen molar-refractivity contribution in [3.63, 3.8) is 0 Å². The van der Waals surface area contributed by atoms with Crippen LogP contribution in [0.1, 0.15) is 6.92 Å². The summed E-state index contributed by atoms with van der Waals surface area (Å²) in [7, 11) is 3.11. The molecule has 0 bridgehead atoms. The first-order valence-corrected chi connectivity index (χ1v) is 3.54. The van der Waals surface area contributed by atoms with E-state index in [1.165, 1.54) is 6.26 Å². The molecule has 0 aliphatic heterocycles. The van der Waals surface area contributed by atoms with E-state index >= 15 is 0 Å². The number of nitrogens with zero attached hydrogens (tertiary/aromatic N) is 1. The zero-order valence-electron chi connectivity index (χ0n) is 6.87. The quantitative estimate of drug-likeness (QED) is 0.484. The van der Waals surface area contributed by atoms with Crippen LogP contribution in [0, 0.1) is 0 Å². The fourth-order valence-corrected chi connectivity index (χ4v) is 0.582. The molecule has 0 spiro atoms. The van der Waals surface area contributed by atoms with E-state index in [2.05, 4.69) is 9.73 Å². The van der Waals surface area contributed by atoms with Gasteiger partial charge in [0.25, 0.3) is 0 Å². The first kappa shape index (κ1) is 10.5. The van der Waals surface area contributed by atoms with Gasteiger partial charge in [0.1, 0.15) is 11.4 Å². The van der Waals surface area contributed by atoms with Gasteiger partial charge in [-0.25, -0.2) is 4.99 Å². The molecule has 0 saturated carbocycles. The maximum atomic E-state index is 5.64. The molecule has 4 heteroatoms. The molecular weight excluding hydrogens is 166 g/mol. The van der Waals surface area contributed by atoms with Crippen molar-refractivity contribution < 1.29 is 9.47 Å². The van der Waals surface area contributed by atoms with E-state index in [4.69, 9.17) is 16.3 Å². The molecule has 0 radical (unpaired) electrons. The Kier molecular flexibility index (Phi) is 5.88. The molecular formula is C7H12ClNO2. The Morgan fingerprint density at radius 2 is 2.18 bits per heavy atom. The molecule has 0 fully saturated rings. The monoisotopic (exact) mass is 177 g/mol. The van der Waals surface area contributed by atoms with Crippen LogP contribution < -0.4 is 0 Å². The highest BCUT2D eigenvalue weighted by molar-refractivity contribution is 6.68. The Hall–Kier alpha value is -0.540. The number of hydrogen-bond acceptors (Lipinski definition) is 3. The van der Waals surface area contributed by atoms with Crippen molar-refractivity contribution >= 4 is 16.8 Å². The highest BCUT2D eigenvalue weighted by Gasteiger charge is 1.94. The number of hydrogen-bond donors (Lipinski definition) is 0. The average molecular weight is 178 g/mol. The fraction of sp³-hybridized carbons (Fsp3) is 0.571. The van der Waals surface area contributed by atoms with Gasteiger partial charge in [0.05, 0.1) is 13.4 Å². The Morgan fingerprint density at radius 1 is 1.55 bits per heavy atom. The normalized spacial score (nSPS) is 15.5. The minimum absolute atomic E-state index is 0.219. The smallest absolute Gasteiger partial charge is 0.146 e. The van der Waals surface area contributed by atoms with Crippen LogP contribution in [0.5, 0.6) is 0 Å². The molecule has 0 N–H and O–H groups in total. The van der Waals surface area contributed by atoms with E-state index < -0.39 is 0 Å². The molecule has 0 saturated heterocycles. The van der Waals surface area contributed by atoms with Gasteiger partial charge in [-0.3, -0.25) is 0 Å². The minimum Gasteiger partial charge on any atom is -0.504 e. The summed E-state index contributed by atoms with van der Waals surface area (Å²) >= 11 is 5.64. The molecule has 64 valence electrons. The summed E-state index contributed by atoms with van der Waals surface area (Å²) in [5, 5.41) is 0.362. The lowest BCUT2D eigenvalue weighted by atomic mass is 10.6. The van der Waals surface area contributed by atoms with E-state index in [-0.39, 0.29) is 6.23 Å². The van der Waals surface area contributed by atoms with Crippen molar-refractivity contribution in [3.05, 3.63) is 12.3 Å². The molecule has 3 nitrogen and oxygen atoms in total. The number of methoxy groups -OCH3 is 2. The molecule has 1 unspecified atom stereocenters. The van der Waals surface area contributed by atoms with Crippen LogP contribution in [0.4, 0.5) is 0 Å². The average Bonchev–Trinajstić information content (AvgIpc) is 2.00. The minimum atomic E-state index is -0.219.